The number of aliphatic hydroxyl groups is 1. The molecule has 0 aliphatic heterocycles. The van der Waals surface area contributed by atoms with Crippen LogP contribution in [-0.2, 0) is 10.4 Å². The van der Waals surface area contributed by atoms with E-state index >= 15 is 0 Å². The normalized spacial score (nSPS) is 22.0. The van der Waals surface area contributed by atoms with Gasteiger partial charge in [-0.1, -0.05) is 13.8 Å². The van der Waals surface area contributed by atoms with Crippen molar-refractivity contribution < 1.29 is 14.6 Å². The zero-order chi connectivity index (χ0) is 23.8. The number of amides is 1. The summed E-state index contributed by atoms with van der Waals surface area (Å²) < 4.78 is 5.15. The Bertz CT molecular complexity index is 1180. The fourth-order valence-electron chi connectivity index (χ4n) is 4.56. The van der Waals surface area contributed by atoms with E-state index in [-0.39, 0.29) is 11.8 Å². The topological polar surface area (TPSA) is 136 Å². The fraction of sp³-hybridized carbons (Fsp3) is 0.435. The Kier molecular flexibility index (Phi) is 6.06. The average molecular weight is 469 g/mol. The first-order valence-corrected chi connectivity index (χ1v) is 11.5. The Labute approximate surface area is 196 Å². The lowest BCUT2D eigenvalue weighted by Crippen LogP contribution is -2.46. The van der Waals surface area contributed by atoms with Gasteiger partial charge in [-0.05, 0) is 49.3 Å². The molecule has 0 unspecified atom stereocenters. The molecule has 9 nitrogen and oxygen atoms in total. The van der Waals surface area contributed by atoms with Gasteiger partial charge in [0.15, 0.2) is 0 Å². The number of aryl methyl sites for hydroxylation is 1. The Balaban J connectivity index is 1.59. The van der Waals surface area contributed by atoms with Gasteiger partial charge in [0.25, 0.3) is 0 Å². The summed E-state index contributed by atoms with van der Waals surface area (Å²) in [6.07, 6.45) is 4.56. The van der Waals surface area contributed by atoms with Gasteiger partial charge in [-0.25, -0.2) is 19.9 Å². The van der Waals surface area contributed by atoms with Gasteiger partial charge in [-0.2, -0.15) is 0 Å². The van der Waals surface area contributed by atoms with Gasteiger partial charge in [-0.15, -0.1) is 11.3 Å². The Morgan fingerprint density at radius 1 is 1.24 bits per heavy atom. The van der Waals surface area contributed by atoms with Crippen molar-refractivity contribution in [3.8, 4) is 16.5 Å². The highest BCUT2D eigenvalue weighted by molar-refractivity contribution is 7.15. The van der Waals surface area contributed by atoms with E-state index in [9.17, 15) is 9.90 Å². The van der Waals surface area contributed by atoms with Crippen molar-refractivity contribution in [3.63, 3.8) is 0 Å². The van der Waals surface area contributed by atoms with Crippen LogP contribution in [-0.4, -0.2) is 38.1 Å². The van der Waals surface area contributed by atoms with Crippen LogP contribution in [0.4, 0.5) is 11.6 Å². The third-order valence-electron chi connectivity index (χ3n) is 6.11. The number of nitrogens with zero attached hydrogens (tertiary/aromatic N) is 4. The maximum atomic E-state index is 11.8. The van der Waals surface area contributed by atoms with Gasteiger partial charge >= 0.3 is 0 Å². The van der Waals surface area contributed by atoms with E-state index < -0.39 is 11.0 Å². The van der Waals surface area contributed by atoms with Crippen molar-refractivity contribution >= 4 is 28.9 Å². The molecule has 4 N–H and O–H groups in total. The second-order valence-electron chi connectivity index (χ2n) is 9.21. The SMILES string of the molecule is COc1cc(Nc2cc(C)cc(-c3cnc([C@]4(O)CC[C@@H](C(N)=O)C(C)(C)C4)s3)n2)ncn1. The number of ether oxygens (including phenoxy) is 1. The minimum atomic E-state index is -1.10. The van der Waals surface area contributed by atoms with Crippen molar-refractivity contribution in [2.24, 2.45) is 17.1 Å². The number of rotatable bonds is 6. The third-order valence-corrected chi connectivity index (χ3v) is 7.33. The number of hydrogen-bond donors (Lipinski definition) is 3. The second kappa shape index (κ2) is 8.68. The molecule has 0 saturated heterocycles. The van der Waals surface area contributed by atoms with Crippen molar-refractivity contribution in [2.45, 2.75) is 45.6 Å². The van der Waals surface area contributed by atoms with E-state index in [2.05, 4.69) is 20.3 Å². The predicted molar refractivity (Wildman–Crippen MR) is 126 cm³/mol. The minimum Gasteiger partial charge on any atom is -0.481 e. The summed E-state index contributed by atoms with van der Waals surface area (Å²) in [5.41, 5.74) is 5.84. The van der Waals surface area contributed by atoms with E-state index in [1.165, 1.54) is 17.7 Å². The van der Waals surface area contributed by atoms with Crippen LogP contribution in [0.2, 0.25) is 0 Å². The highest BCUT2D eigenvalue weighted by Crippen LogP contribution is 2.50. The monoisotopic (exact) mass is 468 g/mol. The number of primary amides is 1. The molecule has 3 aromatic rings. The van der Waals surface area contributed by atoms with Crippen LogP contribution in [0.5, 0.6) is 5.88 Å². The summed E-state index contributed by atoms with van der Waals surface area (Å²) >= 11 is 1.42. The van der Waals surface area contributed by atoms with Gasteiger partial charge in [0.05, 0.1) is 17.7 Å². The number of thiazole rings is 1. The third kappa shape index (κ3) is 4.81. The molecule has 1 saturated carbocycles. The first-order valence-electron chi connectivity index (χ1n) is 10.7. The number of carbonyl (C=O) groups excluding carboxylic acids is 1. The second-order valence-corrected chi connectivity index (χ2v) is 10.2. The lowest BCUT2D eigenvalue weighted by molar-refractivity contribution is -0.134. The zero-order valence-corrected chi connectivity index (χ0v) is 19.9. The van der Waals surface area contributed by atoms with Gasteiger partial charge < -0.3 is 20.9 Å². The maximum absolute atomic E-state index is 11.8. The molecule has 0 bridgehead atoms. The Morgan fingerprint density at radius 2 is 2.03 bits per heavy atom. The molecule has 1 fully saturated rings. The molecule has 1 aliphatic carbocycles. The van der Waals surface area contributed by atoms with E-state index in [1.807, 2.05) is 32.9 Å². The molecular weight excluding hydrogens is 440 g/mol. The molecule has 0 radical (unpaired) electrons. The van der Waals surface area contributed by atoms with E-state index in [4.69, 9.17) is 15.5 Å². The smallest absolute Gasteiger partial charge is 0.221 e. The molecule has 2 atom stereocenters. The van der Waals surface area contributed by atoms with E-state index in [1.54, 1.807) is 19.4 Å². The van der Waals surface area contributed by atoms with Gasteiger partial charge in [0, 0.05) is 18.2 Å². The van der Waals surface area contributed by atoms with Crippen LogP contribution < -0.4 is 15.8 Å². The van der Waals surface area contributed by atoms with Crippen LogP contribution in [0.1, 0.15) is 43.7 Å². The number of carbonyl (C=O) groups is 1. The first-order chi connectivity index (χ1) is 15.6. The average Bonchev–Trinajstić information content (AvgIpc) is 3.24. The van der Waals surface area contributed by atoms with Crippen LogP contribution in [0, 0.1) is 18.3 Å². The van der Waals surface area contributed by atoms with Gasteiger partial charge in [0.2, 0.25) is 11.8 Å². The number of anilines is 2. The number of nitrogens with two attached hydrogens (primary N) is 1. The summed E-state index contributed by atoms with van der Waals surface area (Å²) in [7, 11) is 1.55. The van der Waals surface area contributed by atoms with Gasteiger partial charge in [0.1, 0.15) is 28.6 Å². The standard InChI is InChI=1S/C23H28N6O3S/c1-13-7-15(28-18(8-13)29-17-9-19(32-4)27-12-26-17)16-10-25-21(33-16)23(31)6-5-14(20(24)30)22(2,3)11-23/h7-10,12,14,31H,5-6,11H2,1-4H3,(H2,24,30)(H,26,27,28,29)/t14-,23-/m0/s1. The van der Waals surface area contributed by atoms with Crippen LogP contribution in [0.15, 0.2) is 30.7 Å². The van der Waals surface area contributed by atoms with Crippen LogP contribution >= 0.6 is 11.3 Å². The highest BCUT2D eigenvalue weighted by atomic mass is 32.1. The van der Waals surface area contributed by atoms with Crippen molar-refractivity contribution in [2.75, 3.05) is 12.4 Å². The fourth-order valence-corrected chi connectivity index (χ4v) is 5.56. The molecular formula is C23H28N6O3S. The van der Waals surface area contributed by atoms with Crippen LogP contribution in [0.3, 0.4) is 0 Å². The molecule has 1 aliphatic rings. The number of pyridine rings is 1. The van der Waals surface area contributed by atoms with Crippen LogP contribution in [0.25, 0.3) is 10.6 Å². The Hall–Kier alpha value is -3.11. The highest BCUT2D eigenvalue weighted by Gasteiger charge is 2.48. The molecule has 10 heteroatoms. The molecule has 0 aromatic carbocycles. The lowest BCUT2D eigenvalue weighted by atomic mass is 9.63. The van der Waals surface area contributed by atoms with Crippen molar-refractivity contribution in [1.82, 2.24) is 19.9 Å². The molecule has 3 heterocycles. The number of aromatic nitrogens is 4. The predicted octanol–water partition coefficient (Wildman–Crippen LogP) is 3.55. The summed E-state index contributed by atoms with van der Waals surface area (Å²) in [5, 5.41) is 15.2. The number of hydrogen-bond acceptors (Lipinski definition) is 9. The molecule has 3 aromatic heterocycles. The molecule has 174 valence electrons. The van der Waals surface area contributed by atoms with E-state index in [0.717, 1.165) is 16.1 Å². The summed E-state index contributed by atoms with van der Waals surface area (Å²) in [6, 6.07) is 5.58. The molecule has 0 spiro atoms. The quantitative estimate of drug-likeness (QED) is 0.500. The van der Waals surface area contributed by atoms with Crippen molar-refractivity contribution in [3.05, 3.63) is 41.3 Å². The molecule has 1 amide bonds. The summed E-state index contributed by atoms with van der Waals surface area (Å²) in [4.78, 5) is 30.2. The number of methoxy groups -OCH3 is 1. The summed E-state index contributed by atoms with van der Waals surface area (Å²) in [6.45, 7) is 5.94. The summed E-state index contributed by atoms with van der Waals surface area (Å²) in [5.74, 6) is 1.08. The van der Waals surface area contributed by atoms with Crippen molar-refractivity contribution in [1.29, 1.82) is 0 Å². The number of nitrogens with one attached hydrogen (secondary N) is 1. The minimum absolute atomic E-state index is 0.260. The molecule has 33 heavy (non-hydrogen) atoms. The Morgan fingerprint density at radius 3 is 2.73 bits per heavy atom. The first kappa shape index (κ1) is 23.1. The van der Waals surface area contributed by atoms with Gasteiger partial charge in [-0.3, -0.25) is 4.79 Å². The maximum Gasteiger partial charge on any atom is 0.221 e. The lowest BCUT2D eigenvalue weighted by Gasteiger charge is -2.44. The zero-order valence-electron chi connectivity index (χ0n) is 19.1. The molecule has 4 rings (SSSR count). The largest absolute Gasteiger partial charge is 0.481 e. The van der Waals surface area contributed by atoms with E-state index in [0.29, 0.717) is 41.8 Å².